The lowest BCUT2D eigenvalue weighted by molar-refractivity contribution is -0.286. The molecule has 0 saturated heterocycles. The molecule has 0 aromatic heterocycles. The number of benzene rings is 2. The van der Waals surface area contributed by atoms with Crippen LogP contribution in [0.15, 0.2) is 30.3 Å². The lowest BCUT2D eigenvalue weighted by Crippen LogP contribution is -2.53. The van der Waals surface area contributed by atoms with Crippen molar-refractivity contribution in [2.75, 3.05) is 6.61 Å². The second-order valence-corrected chi connectivity index (χ2v) is 13.5. The van der Waals surface area contributed by atoms with Gasteiger partial charge in [0, 0.05) is 41.3 Å². The molecule has 10 nitrogen and oxygen atoms in total. The zero-order valence-corrected chi connectivity index (χ0v) is 25.8. The van der Waals surface area contributed by atoms with E-state index in [4.69, 9.17) is 9.47 Å². The second kappa shape index (κ2) is 11.3. The molecule has 46 heavy (non-hydrogen) atoms. The van der Waals surface area contributed by atoms with Gasteiger partial charge in [-0.1, -0.05) is 0 Å². The van der Waals surface area contributed by atoms with E-state index in [2.05, 4.69) is 19.5 Å². The third kappa shape index (κ3) is 5.93. The minimum absolute atomic E-state index is 0.00613. The van der Waals surface area contributed by atoms with Crippen LogP contribution in [-0.4, -0.2) is 59.2 Å². The zero-order valence-electron chi connectivity index (χ0n) is 25.8. The predicted molar refractivity (Wildman–Crippen MR) is 154 cm³/mol. The van der Waals surface area contributed by atoms with E-state index in [1.165, 1.54) is 29.2 Å². The van der Waals surface area contributed by atoms with Crippen LogP contribution >= 0.6 is 0 Å². The van der Waals surface area contributed by atoms with Crippen molar-refractivity contribution in [2.45, 2.75) is 102 Å². The first kappa shape index (κ1) is 31.9. The molecule has 0 spiro atoms. The minimum Gasteiger partial charge on any atom is -0.492 e. The van der Waals surface area contributed by atoms with Crippen molar-refractivity contribution >= 4 is 12.0 Å². The summed E-state index contributed by atoms with van der Waals surface area (Å²) in [5, 5.41) is 13.0. The minimum atomic E-state index is -3.83. The summed E-state index contributed by atoms with van der Waals surface area (Å²) in [6, 6.07) is 6.16. The number of carbonyl (C=O) groups is 2. The first-order chi connectivity index (χ1) is 21.5. The number of fused-ring (bicyclic) bond motifs is 3. The van der Waals surface area contributed by atoms with Gasteiger partial charge >= 0.3 is 19.0 Å². The van der Waals surface area contributed by atoms with E-state index < -0.39 is 48.0 Å². The highest BCUT2D eigenvalue weighted by Gasteiger charge is 2.50. The number of hydrogen-bond acceptors (Lipinski definition) is 7. The van der Waals surface area contributed by atoms with Gasteiger partial charge in [-0.05, 0) is 77.5 Å². The van der Waals surface area contributed by atoms with Gasteiger partial charge in [0.2, 0.25) is 5.91 Å². The number of nitrogens with zero attached hydrogens (tertiary/aromatic N) is 1. The zero-order chi connectivity index (χ0) is 33.2. The van der Waals surface area contributed by atoms with Crippen LogP contribution in [0.25, 0.3) is 0 Å². The lowest BCUT2D eigenvalue weighted by atomic mass is 9.77. The van der Waals surface area contributed by atoms with Gasteiger partial charge in [-0.15, -0.1) is 8.78 Å². The maximum atomic E-state index is 14.0. The van der Waals surface area contributed by atoms with E-state index in [1.54, 1.807) is 13.0 Å². The molecule has 4 aliphatic rings. The van der Waals surface area contributed by atoms with Crippen molar-refractivity contribution in [3.8, 4) is 28.7 Å². The molecule has 3 aliphatic heterocycles. The molecule has 0 unspecified atom stereocenters. The topological polar surface area (TPSA) is 116 Å². The maximum absolute atomic E-state index is 14.0. The number of halogens is 4. The number of ether oxygens (including phenoxy) is 5. The SMILES string of the molecule is CC(C)(C)N(C(=O)O)[C@H]1CC[C@H]([C@@H]2C[C@H](NC(=O)[C@@]3(C)COc4cc5c(cc43)OC(F)(F)O5)c3ccc(OC(F)F)cc3O2)CC1. The largest absolute Gasteiger partial charge is 0.586 e. The number of nitrogens with one attached hydrogen (secondary N) is 1. The van der Waals surface area contributed by atoms with Gasteiger partial charge in [0.25, 0.3) is 0 Å². The summed E-state index contributed by atoms with van der Waals surface area (Å²) in [5.74, 6) is -0.413. The van der Waals surface area contributed by atoms with Crippen LogP contribution in [0, 0.1) is 5.92 Å². The molecule has 1 aliphatic carbocycles. The number of alkyl halides is 4. The van der Waals surface area contributed by atoms with E-state index in [0.29, 0.717) is 49.0 Å². The van der Waals surface area contributed by atoms with Crippen molar-refractivity contribution in [1.82, 2.24) is 10.2 Å². The highest BCUT2D eigenvalue weighted by Crippen LogP contribution is 2.50. The normalized spacial score (nSPS) is 27.6. The van der Waals surface area contributed by atoms with Crippen LogP contribution in [0.1, 0.15) is 77.0 Å². The van der Waals surface area contributed by atoms with Gasteiger partial charge in [-0.2, -0.15) is 8.78 Å². The Morgan fingerprint density at radius 1 is 1.02 bits per heavy atom. The number of carbonyl (C=O) groups excluding carboxylic acids is 1. The van der Waals surface area contributed by atoms with Crippen LogP contribution in [0.3, 0.4) is 0 Å². The molecule has 2 aromatic carbocycles. The Hall–Kier alpha value is -4.10. The monoisotopic (exact) mass is 652 g/mol. The van der Waals surface area contributed by atoms with Gasteiger partial charge in [-0.25, -0.2) is 4.79 Å². The van der Waals surface area contributed by atoms with E-state index in [0.717, 1.165) is 0 Å². The number of hydrogen-bond donors (Lipinski definition) is 2. The second-order valence-electron chi connectivity index (χ2n) is 13.5. The fraction of sp³-hybridized carbons (Fsp3) is 0.562. The highest BCUT2D eigenvalue weighted by molar-refractivity contribution is 5.90. The van der Waals surface area contributed by atoms with Crippen molar-refractivity contribution < 1.29 is 55.9 Å². The molecule has 6 rings (SSSR count). The molecule has 14 heteroatoms. The smallest absolute Gasteiger partial charge is 0.492 e. The maximum Gasteiger partial charge on any atom is 0.586 e. The molecular weight excluding hydrogens is 616 g/mol. The summed E-state index contributed by atoms with van der Waals surface area (Å²) in [7, 11) is 0. The molecular formula is C32H36F4N2O8. The van der Waals surface area contributed by atoms with E-state index >= 15 is 0 Å². The van der Waals surface area contributed by atoms with Crippen LogP contribution in [0.5, 0.6) is 28.7 Å². The number of amides is 2. The molecule has 250 valence electrons. The predicted octanol–water partition coefficient (Wildman–Crippen LogP) is 6.61. The molecule has 0 bridgehead atoms. The highest BCUT2D eigenvalue weighted by atomic mass is 19.3. The fourth-order valence-corrected chi connectivity index (χ4v) is 7.13. The molecule has 2 aromatic rings. The van der Waals surface area contributed by atoms with Crippen LogP contribution in [0.2, 0.25) is 0 Å². The third-order valence-corrected chi connectivity index (χ3v) is 9.31. The number of carboxylic acid groups (broad SMARTS) is 1. The molecule has 0 radical (unpaired) electrons. The van der Waals surface area contributed by atoms with Crippen molar-refractivity contribution in [3.05, 3.63) is 41.5 Å². The van der Waals surface area contributed by atoms with E-state index in [9.17, 15) is 32.3 Å². The Kier molecular flexibility index (Phi) is 7.83. The van der Waals surface area contributed by atoms with Crippen LogP contribution in [-0.2, 0) is 10.2 Å². The van der Waals surface area contributed by atoms with Gasteiger partial charge < -0.3 is 39.0 Å². The Labute approximate surface area is 262 Å². The third-order valence-electron chi connectivity index (χ3n) is 9.31. The quantitative estimate of drug-likeness (QED) is 0.336. The van der Waals surface area contributed by atoms with Crippen LogP contribution < -0.4 is 29.0 Å². The molecule has 1 fully saturated rings. The summed E-state index contributed by atoms with van der Waals surface area (Å²) < 4.78 is 79.3. The first-order valence-corrected chi connectivity index (χ1v) is 15.2. The average Bonchev–Trinajstić information content (AvgIpc) is 3.44. The average molecular weight is 653 g/mol. The Bertz CT molecular complexity index is 1520. The van der Waals surface area contributed by atoms with Crippen LogP contribution in [0.4, 0.5) is 22.4 Å². The van der Waals surface area contributed by atoms with Crippen molar-refractivity contribution in [3.63, 3.8) is 0 Å². The molecule has 2 amide bonds. The Morgan fingerprint density at radius 3 is 2.33 bits per heavy atom. The summed E-state index contributed by atoms with van der Waals surface area (Å²) in [4.78, 5) is 27.5. The van der Waals surface area contributed by atoms with Gasteiger partial charge in [0.05, 0.1) is 6.04 Å². The molecule has 3 atom stereocenters. The first-order valence-electron chi connectivity index (χ1n) is 15.2. The van der Waals surface area contributed by atoms with E-state index in [-0.39, 0.29) is 41.6 Å². The van der Waals surface area contributed by atoms with E-state index in [1.807, 2.05) is 20.8 Å². The van der Waals surface area contributed by atoms with Gasteiger partial charge in [0.15, 0.2) is 11.5 Å². The molecule has 3 heterocycles. The standard InChI is InChI=1S/C32H36F4N2O8/c1-30(2,3)38(29(40)41)17-7-5-16(6-8-17)22-13-21(19-10-9-18(43-28(33)34)11-23(19)44-22)37-27(39)31(4)15-42-24-14-26-25(12-20(24)31)45-32(35,36)46-26/h9-12,14,16-17,21-22,28H,5-8,13,15H2,1-4H3,(H,37,39)(H,40,41)/t16-,17-,21-,22-,31-/m0/s1. The van der Waals surface area contributed by atoms with Crippen molar-refractivity contribution in [2.24, 2.45) is 5.92 Å². The van der Waals surface area contributed by atoms with Gasteiger partial charge in [0.1, 0.15) is 35.4 Å². The molecule has 2 N–H and O–H groups in total. The van der Waals surface area contributed by atoms with Gasteiger partial charge in [-0.3, -0.25) is 4.79 Å². The lowest BCUT2D eigenvalue weighted by Gasteiger charge is -2.45. The molecule has 1 saturated carbocycles. The summed E-state index contributed by atoms with van der Waals surface area (Å²) in [6.07, 6.45) is -2.29. The Morgan fingerprint density at radius 2 is 1.70 bits per heavy atom. The number of rotatable bonds is 6. The van der Waals surface area contributed by atoms with Crippen molar-refractivity contribution in [1.29, 1.82) is 0 Å². The summed E-state index contributed by atoms with van der Waals surface area (Å²) in [6.45, 7) is 4.11. The summed E-state index contributed by atoms with van der Waals surface area (Å²) >= 11 is 0. The fourth-order valence-electron chi connectivity index (χ4n) is 7.13. The summed E-state index contributed by atoms with van der Waals surface area (Å²) in [5.41, 5.74) is -0.921. The Balaban J connectivity index is 1.23.